The highest BCUT2D eigenvalue weighted by Gasteiger charge is 2.45. The molecule has 100 valence electrons. The highest BCUT2D eigenvalue weighted by molar-refractivity contribution is 5.86. The van der Waals surface area contributed by atoms with Crippen molar-refractivity contribution in [3.8, 4) is 6.07 Å². The van der Waals surface area contributed by atoms with Crippen LogP contribution in [0.3, 0.4) is 0 Å². The minimum Gasteiger partial charge on any atom is -0.381 e. The van der Waals surface area contributed by atoms with Crippen molar-refractivity contribution < 1.29 is 9.53 Å². The predicted octanol–water partition coefficient (Wildman–Crippen LogP) is 2.10. The van der Waals surface area contributed by atoms with Gasteiger partial charge in [-0.25, -0.2) is 0 Å². The van der Waals surface area contributed by atoms with E-state index in [9.17, 15) is 10.1 Å². The number of piperidine rings is 1. The van der Waals surface area contributed by atoms with Gasteiger partial charge < -0.3 is 9.64 Å². The number of likely N-dealkylation sites (tertiary alicyclic amines) is 1. The van der Waals surface area contributed by atoms with Gasteiger partial charge in [-0.2, -0.15) is 5.26 Å². The van der Waals surface area contributed by atoms with Gasteiger partial charge in [0.2, 0.25) is 5.91 Å². The molecule has 2 fully saturated rings. The van der Waals surface area contributed by atoms with E-state index in [1.165, 1.54) is 6.42 Å². The van der Waals surface area contributed by atoms with E-state index in [-0.39, 0.29) is 18.0 Å². The molecule has 2 rings (SSSR count). The van der Waals surface area contributed by atoms with E-state index in [4.69, 9.17) is 4.74 Å². The molecule has 0 spiro atoms. The summed E-state index contributed by atoms with van der Waals surface area (Å²) in [6, 6.07) is 2.80. The summed E-state index contributed by atoms with van der Waals surface area (Å²) in [5.41, 5.74) is -0.835. The fourth-order valence-corrected chi connectivity index (χ4v) is 3.16. The number of nitriles is 1. The van der Waals surface area contributed by atoms with Gasteiger partial charge in [0, 0.05) is 25.3 Å². The topological polar surface area (TPSA) is 53.3 Å². The van der Waals surface area contributed by atoms with Crippen molar-refractivity contribution in [2.24, 2.45) is 5.41 Å². The van der Waals surface area contributed by atoms with Gasteiger partial charge in [-0.1, -0.05) is 0 Å². The SMILES string of the molecule is C[C@@H]1CCC[C@H](C)N1C(=O)C1(C#N)CCOCC1. The first-order valence-corrected chi connectivity index (χ1v) is 6.92. The van der Waals surface area contributed by atoms with Gasteiger partial charge in [-0.15, -0.1) is 0 Å². The van der Waals surface area contributed by atoms with Crippen LogP contribution in [0.5, 0.6) is 0 Å². The van der Waals surface area contributed by atoms with Gasteiger partial charge in [0.15, 0.2) is 0 Å². The van der Waals surface area contributed by atoms with Crippen molar-refractivity contribution in [1.29, 1.82) is 5.26 Å². The lowest BCUT2D eigenvalue weighted by molar-refractivity contribution is -0.149. The van der Waals surface area contributed by atoms with Crippen molar-refractivity contribution in [2.45, 2.75) is 58.0 Å². The third-order valence-corrected chi connectivity index (χ3v) is 4.40. The molecule has 2 aliphatic rings. The molecule has 0 aromatic rings. The molecule has 18 heavy (non-hydrogen) atoms. The zero-order valence-corrected chi connectivity index (χ0v) is 11.3. The summed E-state index contributed by atoms with van der Waals surface area (Å²) in [4.78, 5) is 14.7. The molecule has 0 bridgehead atoms. The van der Waals surface area contributed by atoms with Gasteiger partial charge in [0.05, 0.1) is 6.07 Å². The second-order valence-corrected chi connectivity index (χ2v) is 5.65. The van der Waals surface area contributed by atoms with E-state index in [0.29, 0.717) is 26.1 Å². The number of nitrogens with zero attached hydrogens (tertiary/aromatic N) is 2. The molecule has 0 radical (unpaired) electrons. The van der Waals surface area contributed by atoms with E-state index in [1.807, 2.05) is 4.90 Å². The molecule has 2 atom stereocenters. The number of rotatable bonds is 1. The van der Waals surface area contributed by atoms with Crippen molar-refractivity contribution in [3.05, 3.63) is 0 Å². The average molecular weight is 250 g/mol. The first-order chi connectivity index (χ1) is 8.60. The Kier molecular flexibility index (Phi) is 3.91. The lowest BCUT2D eigenvalue weighted by Gasteiger charge is -2.43. The molecule has 0 aromatic heterocycles. The van der Waals surface area contributed by atoms with E-state index < -0.39 is 5.41 Å². The molecule has 2 heterocycles. The summed E-state index contributed by atoms with van der Waals surface area (Å²) in [6.07, 6.45) is 4.35. The molecular weight excluding hydrogens is 228 g/mol. The zero-order chi connectivity index (χ0) is 13.2. The fourth-order valence-electron chi connectivity index (χ4n) is 3.16. The van der Waals surface area contributed by atoms with Crippen LogP contribution in [0, 0.1) is 16.7 Å². The maximum absolute atomic E-state index is 12.8. The van der Waals surface area contributed by atoms with Crippen molar-refractivity contribution >= 4 is 5.91 Å². The average Bonchev–Trinajstić information content (AvgIpc) is 2.39. The lowest BCUT2D eigenvalue weighted by atomic mass is 9.79. The van der Waals surface area contributed by atoms with Crippen LogP contribution < -0.4 is 0 Å². The molecule has 0 saturated carbocycles. The Labute approximate surface area is 109 Å². The van der Waals surface area contributed by atoms with Crippen molar-refractivity contribution in [3.63, 3.8) is 0 Å². The van der Waals surface area contributed by atoms with Gasteiger partial charge in [-0.3, -0.25) is 4.79 Å². The summed E-state index contributed by atoms with van der Waals surface area (Å²) in [7, 11) is 0. The minimum absolute atomic E-state index is 0.0352. The second-order valence-electron chi connectivity index (χ2n) is 5.65. The Morgan fingerprint density at radius 1 is 1.28 bits per heavy atom. The summed E-state index contributed by atoms with van der Waals surface area (Å²) >= 11 is 0. The van der Waals surface area contributed by atoms with Crippen LogP contribution in [0.1, 0.15) is 46.0 Å². The minimum atomic E-state index is -0.835. The molecule has 0 aromatic carbocycles. The van der Waals surface area contributed by atoms with Gasteiger partial charge >= 0.3 is 0 Å². The number of hydrogen-bond donors (Lipinski definition) is 0. The Morgan fingerprint density at radius 3 is 2.33 bits per heavy atom. The molecular formula is C14H22N2O2. The quantitative estimate of drug-likeness (QED) is 0.716. The maximum atomic E-state index is 12.8. The molecule has 4 heteroatoms. The molecule has 1 amide bonds. The van der Waals surface area contributed by atoms with E-state index in [0.717, 1.165) is 12.8 Å². The number of carbonyl (C=O) groups is 1. The number of hydrogen-bond acceptors (Lipinski definition) is 3. The maximum Gasteiger partial charge on any atom is 0.243 e. The smallest absolute Gasteiger partial charge is 0.243 e. The highest BCUT2D eigenvalue weighted by atomic mass is 16.5. The molecule has 0 N–H and O–H groups in total. The van der Waals surface area contributed by atoms with Crippen molar-refractivity contribution in [1.82, 2.24) is 4.90 Å². The summed E-state index contributed by atoms with van der Waals surface area (Å²) in [5, 5.41) is 9.46. The Bertz CT molecular complexity index is 345. The molecule has 0 unspecified atom stereocenters. The first kappa shape index (κ1) is 13.4. The zero-order valence-electron chi connectivity index (χ0n) is 11.3. The number of amides is 1. The van der Waals surface area contributed by atoms with Crippen LogP contribution in [-0.2, 0) is 9.53 Å². The Balaban J connectivity index is 2.20. The summed E-state index contributed by atoms with van der Waals surface area (Å²) < 4.78 is 5.30. The normalized spacial score (nSPS) is 31.7. The van der Waals surface area contributed by atoms with Crippen LogP contribution in [0.4, 0.5) is 0 Å². The summed E-state index contributed by atoms with van der Waals surface area (Å²) in [5.74, 6) is 0.0352. The second kappa shape index (κ2) is 5.27. The van der Waals surface area contributed by atoms with Crippen LogP contribution in [0.15, 0.2) is 0 Å². The van der Waals surface area contributed by atoms with Crippen LogP contribution >= 0.6 is 0 Å². The standard InChI is InChI=1S/C14H22N2O2/c1-11-4-3-5-12(2)16(11)13(17)14(10-15)6-8-18-9-7-14/h11-12H,3-9H2,1-2H3/t11-,12+. The Morgan fingerprint density at radius 2 is 1.83 bits per heavy atom. The third-order valence-electron chi connectivity index (χ3n) is 4.40. The van der Waals surface area contributed by atoms with E-state index in [2.05, 4.69) is 19.9 Å². The fraction of sp³-hybridized carbons (Fsp3) is 0.857. The largest absolute Gasteiger partial charge is 0.381 e. The van der Waals surface area contributed by atoms with Crippen molar-refractivity contribution in [2.75, 3.05) is 13.2 Å². The van der Waals surface area contributed by atoms with Gasteiger partial charge in [0.25, 0.3) is 0 Å². The van der Waals surface area contributed by atoms with Crippen LogP contribution in [-0.4, -0.2) is 36.1 Å². The molecule has 0 aliphatic carbocycles. The monoisotopic (exact) mass is 250 g/mol. The van der Waals surface area contributed by atoms with Crippen LogP contribution in [0.2, 0.25) is 0 Å². The first-order valence-electron chi connectivity index (χ1n) is 6.92. The summed E-state index contributed by atoms with van der Waals surface area (Å²) in [6.45, 7) is 5.24. The van der Waals surface area contributed by atoms with Gasteiger partial charge in [-0.05, 0) is 46.0 Å². The number of ether oxygens (including phenoxy) is 1. The predicted molar refractivity (Wildman–Crippen MR) is 67.7 cm³/mol. The molecule has 2 aliphatic heterocycles. The number of carbonyl (C=O) groups excluding carboxylic acids is 1. The molecule has 4 nitrogen and oxygen atoms in total. The third kappa shape index (κ3) is 2.24. The van der Waals surface area contributed by atoms with E-state index >= 15 is 0 Å². The Hall–Kier alpha value is -1.08. The van der Waals surface area contributed by atoms with E-state index in [1.54, 1.807) is 0 Å². The highest BCUT2D eigenvalue weighted by Crippen LogP contribution is 2.35. The molecule has 2 saturated heterocycles. The van der Waals surface area contributed by atoms with Crippen LogP contribution in [0.25, 0.3) is 0 Å². The van der Waals surface area contributed by atoms with Gasteiger partial charge in [0.1, 0.15) is 5.41 Å². The lowest BCUT2D eigenvalue weighted by Crippen LogP contribution is -2.54.